The largest absolute Gasteiger partial charge is 0.368 e. The Balaban J connectivity index is 2.01. The fourth-order valence-electron chi connectivity index (χ4n) is 2.53. The van der Waals surface area contributed by atoms with Crippen molar-refractivity contribution in [3.05, 3.63) is 29.8 Å². The summed E-state index contributed by atoms with van der Waals surface area (Å²) in [4.78, 5) is 23.2. The van der Waals surface area contributed by atoms with Crippen molar-refractivity contribution in [2.45, 2.75) is 25.9 Å². The Hall–Kier alpha value is -1.93. The first-order valence-corrected chi connectivity index (χ1v) is 9.62. The number of hydrogen-bond donors (Lipinski definition) is 1. The van der Waals surface area contributed by atoms with Crippen LogP contribution in [0.25, 0.3) is 0 Å². The van der Waals surface area contributed by atoms with Crippen LogP contribution in [0.5, 0.6) is 0 Å². The molecule has 24 heavy (non-hydrogen) atoms. The van der Waals surface area contributed by atoms with Crippen LogP contribution in [0, 0.1) is 0 Å². The van der Waals surface area contributed by atoms with Crippen LogP contribution in [0.3, 0.4) is 0 Å². The summed E-state index contributed by atoms with van der Waals surface area (Å²) in [5.41, 5.74) is 0.966. The van der Waals surface area contributed by atoms with Gasteiger partial charge in [0.05, 0.1) is 18.5 Å². The second-order valence-corrected chi connectivity index (χ2v) is 7.64. The summed E-state index contributed by atoms with van der Waals surface area (Å²) in [5, 5.41) is 2.70. The highest BCUT2D eigenvalue weighted by Crippen LogP contribution is 2.18. The van der Waals surface area contributed by atoms with Crippen molar-refractivity contribution < 1.29 is 22.7 Å². The Morgan fingerprint density at radius 1 is 1.29 bits per heavy atom. The second-order valence-electron chi connectivity index (χ2n) is 5.73. The number of Topliss-reactive ketones (excluding diaryl/α,β-unsaturated/α-hetero) is 1. The third-order valence-electron chi connectivity index (χ3n) is 3.80. The normalized spacial score (nSPS) is 17.5. The Kier molecular flexibility index (Phi) is 5.95. The SMILES string of the molecule is CC(=O)c1ccc(N(CCNC(=O)C2CCCO2)S(C)(=O)=O)cc1. The topological polar surface area (TPSA) is 92.8 Å². The number of rotatable bonds is 7. The van der Waals surface area contributed by atoms with Gasteiger partial charge in [-0.05, 0) is 44.0 Å². The molecule has 1 aliphatic heterocycles. The molecule has 0 saturated carbocycles. The molecule has 1 aromatic carbocycles. The maximum Gasteiger partial charge on any atom is 0.249 e. The van der Waals surface area contributed by atoms with Gasteiger partial charge < -0.3 is 10.1 Å². The lowest BCUT2D eigenvalue weighted by Crippen LogP contribution is -2.41. The number of benzene rings is 1. The van der Waals surface area contributed by atoms with E-state index in [4.69, 9.17) is 4.74 Å². The molecule has 1 aliphatic rings. The zero-order valence-electron chi connectivity index (χ0n) is 13.8. The van der Waals surface area contributed by atoms with Gasteiger partial charge in [0.1, 0.15) is 6.10 Å². The lowest BCUT2D eigenvalue weighted by Gasteiger charge is -2.23. The van der Waals surface area contributed by atoms with E-state index in [9.17, 15) is 18.0 Å². The number of sulfonamides is 1. The molecule has 1 N–H and O–H groups in total. The molecular weight excluding hydrogens is 332 g/mol. The average molecular weight is 354 g/mol. The average Bonchev–Trinajstić information content (AvgIpc) is 3.04. The third-order valence-corrected chi connectivity index (χ3v) is 4.99. The molecule has 1 unspecified atom stereocenters. The number of carbonyl (C=O) groups is 2. The molecule has 1 saturated heterocycles. The van der Waals surface area contributed by atoms with Gasteiger partial charge in [-0.3, -0.25) is 13.9 Å². The van der Waals surface area contributed by atoms with E-state index in [2.05, 4.69) is 5.32 Å². The molecule has 0 radical (unpaired) electrons. The van der Waals surface area contributed by atoms with Gasteiger partial charge >= 0.3 is 0 Å². The molecule has 1 aromatic rings. The molecule has 7 nitrogen and oxygen atoms in total. The number of ketones is 1. The predicted octanol–water partition coefficient (Wildman–Crippen LogP) is 0.950. The number of carbonyl (C=O) groups excluding carboxylic acids is 2. The summed E-state index contributed by atoms with van der Waals surface area (Å²) in [5.74, 6) is -0.302. The van der Waals surface area contributed by atoms with E-state index in [1.165, 1.54) is 11.2 Å². The summed E-state index contributed by atoms with van der Waals surface area (Å²) < 4.78 is 30.5. The molecule has 1 heterocycles. The van der Waals surface area contributed by atoms with Crippen LogP contribution in [0.4, 0.5) is 5.69 Å². The van der Waals surface area contributed by atoms with Gasteiger partial charge in [-0.1, -0.05) is 0 Å². The van der Waals surface area contributed by atoms with Crippen molar-refractivity contribution in [2.75, 3.05) is 30.3 Å². The smallest absolute Gasteiger partial charge is 0.249 e. The van der Waals surface area contributed by atoms with E-state index in [-0.39, 0.29) is 24.8 Å². The maximum atomic E-state index is 12.0. The van der Waals surface area contributed by atoms with Crippen LogP contribution in [0.15, 0.2) is 24.3 Å². The van der Waals surface area contributed by atoms with E-state index >= 15 is 0 Å². The van der Waals surface area contributed by atoms with E-state index in [1.54, 1.807) is 24.3 Å². The minimum atomic E-state index is -3.50. The van der Waals surface area contributed by atoms with Crippen LogP contribution in [0.1, 0.15) is 30.1 Å². The van der Waals surface area contributed by atoms with Crippen LogP contribution >= 0.6 is 0 Å². The van der Waals surface area contributed by atoms with Gasteiger partial charge in [-0.25, -0.2) is 8.42 Å². The second kappa shape index (κ2) is 7.76. The van der Waals surface area contributed by atoms with Gasteiger partial charge in [-0.15, -0.1) is 0 Å². The van der Waals surface area contributed by atoms with Crippen molar-refractivity contribution >= 4 is 27.4 Å². The van der Waals surface area contributed by atoms with E-state index < -0.39 is 16.1 Å². The molecule has 0 spiro atoms. The van der Waals surface area contributed by atoms with Gasteiger partial charge in [0, 0.05) is 18.7 Å². The molecule has 8 heteroatoms. The number of amides is 1. The molecule has 1 fully saturated rings. The zero-order valence-corrected chi connectivity index (χ0v) is 14.6. The number of anilines is 1. The zero-order chi connectivity index (χ0) is 17.7. The van der Waals surface area contributed by atoms with Gasteiger partial charge in [0.2, 0.25) is 15.9 Å². The van der Waals surface area contributed by atoms with Crippen molar-refractivity contribution in [1.29, 1.82) is 0 Å². The molecule has 0 aromatic heterocycles. The minimum Gasteiger partial charge on any atom is -0.368 e. The monoisotopic (exact) mass is 354 g/mol. The summed E-state index contributed by atoms with van der Waals surface area (Å²) >= 11 is 0. The summed E-state index contributed by atoms with van der Waals surface area (Å²) in [7, 11) is -3.50. The van der Waals surface area contributed by atoms with Crippen LogP contribution in [-0.2, 0) is 19.6 Å². The number of nitrogens with one attached hydrogen (secondary N) is 1. The van der Waals surface area contributed by atoms with Gasteiger partial charge in [0.15, 0.2) is 5.78 Å². The highest BCUT2D eigenvalue weighted by molar-refractivity contribution is 7.92. The first kappa shape index (κ1) is 18.4. The van der Waals surface area contributed by atoms with Gasteiger partial charge in [-0.2, -0.15) is 0 Å². The number of nitrogens with zero attached hydrogens (tertiary/aromatic N) is 1. The van der Waals surface area contributed by atoms with Crippen LogP contribution in [0.2, 0.25) is 0 Å². The summed E-state index contributed by atoms with van der Waals surface area (Å²) in [6, 6.07) is 6.33. The van der Waals surface area contributed by atoms with Crippen molar-refractivity contribution in [2.24, 2.45) is 0 Å². The van der Waals surface area contributed by atoms with E-state index in [1.807, 2.05) is 0 Å². The Morgan fingerprint density at radius 2 is 1.96 bits per heavy atom. The Morgan fingerprint density at radius 3 is 2.46 bits per heavy atom. The first-order valence-electron chi connectivity index (χ1n) is 7.77. The minimum absolute atomic E-state index is 0.0868. The van der Waals surface area contributed by atoms with Gasteiger partial charge in [0.25, 0.3) is 0 Å². The Bertz CT molecular complexity index is 694. The maximum absolute atomic E-state index is 12.0. The van der Waals surface area contributed by atoms with Crippen molar-refractivity contribution in [1.82, 2.24) is 5.32 Å². The quantitative estimate of drug-likeness (QED) is 0.736. The van der Waals surface area contributed by atoms with Crippen molar-refractivity contribution in [3.8, 4) is 0 Å². The summed E-state index contributed by atoms with van der Waals surface area (Å²) in [6.45, 7) is 2.32. The lowest BCUT2D eigenvalue weighted by molar-refractivity contribution is -0.129. The molecule has 0 bridgehead atoms. The summed E-state index contributed by atoms with van der Waals surface area (Å²) in [6.07, 6.45) is 2.21. The standard InChI is InChI=1S/C16H22N2O5S/c1-12(19)13-5-7-14(8-6-13)18(24(2,21)22)10-9-17-16(20)15-4-3-11-23-15/h5-8,15H,3-4,9-11H2,1-2H3,(H,17,20). The fraction of sp³-hybridized carbons (Fsp3) is 0.500. The number of hydrogen-bond acceptors (Lipinski definition) is 5. The molecule has 1 atom stereocenters. The number of ether oxygens (including phenoxy) is 1. The van der Waals surface area contributed by atoms with Crippen LogP contribution in [-0.4, -0.2) is 52.2 Å². The van der Waals surface area contributed by atoms with Crippen molar-refractivity contribution in [3.63, 3.8) is 0 Å². The third kappa shape index (κ3) is 4.78. The van der Waals surface area contributed by atoms with Crippen LogP contribution < -0.4 is 9.62 Å². The molecule has 2 rings (SSSR count). The molecule has 1 amide bonds. The highest BCUT2D eigenvalue weighted by Gasteiger charge is 2.24. The molecular formula is C16H22N2O5S. The Labute approximate surface area is 142 Å². The predicted molar refractivity (Wildman–Crippen MR) is 90.6 cm³/mol. The fourth-order valence-corrected chi connectivity index (χ4v) is 3.46. The molecule has 0 aliphatic carbocycles. The lowest BCUT2D eigenvalue weighted by atomic mass is 10.1. The highest BCUT2D eigenvalue weighted by atomic mass is 32.2. The van der Waals surface area contributed by atoms with E-state index in [0.717, 1.165) is 12.7 Å². The van der Waals surface area contributed by atoms with E-state index in [0.29, 0.717) is 24.3 Å². The molecule has 132 valence electrons. The first-order chi connectivity index (χ1) is 11.3.